The molecule has 1 aromatic rings. The maximum atomic E-state index is 5.44. The van der Waals surface area contributed by atoms with Crippen molar-refractivity contribution in [1.29, 1.82) is 0 Å². The summed E-state index contributed by atoms with van der Waals surface area (Å²) in [6, 6.07) is 10.3. The highest BCUT2D eigenvalue weighted by atomic mass is 14.5. The van der Waals surface area contributed by atoms with E-state index in [4.69, 9.17) is 5.73 Å². The highest BCUT2D eigenvalue weighted by Crippen LogP contribution is 2.07. The molecule has 0 spiro atoms. The number of nitrogens with two attached hydrogens (primary N) is 1. The third-order valence-electron chi connectivity index (χ3n) is 1.75. The second-order valence-corrected chi connectivity index (χ2v) is 2.94. The van der Waals surface area contributed by atoms with E-state index in [0.717, 1.165) is 13.0 Å². The molecule has 0 unspecified atom stereocenters. The average Bonchev–Trinajstić information content (AvgIpc) is 2.06. The molecule has 12 heavy (non-hydrogen) atoms. The lowest BCUT2D eigenvalue weighted by Gasteiger charge is -1.97. The van der Waals surface area contributed by atoms with Gasteiger partial charge in [-0.25, -0.2) is 0 Å². The normalized spacial score (nSPS) is 11.7. The Balaban J connectivity index is 2.67. The smallest absolute Gasteiger partial charge is 0.00399 e. The minimum atomic E-state index is 0.731. The highest BCUT2D eigenvalue weighted by Gasteiger charge is 1.88. The summed E-state index contributed by atoms with van der Waals surface area (Å²) >= 11 is 0. The molecule has 1 rings (SSSR count). The van der Waals surface area contributed by atoms with Crippen LogP contribution in [-0.2, 0) is 0 Å². The standard InChI is InChI=1S/C11H15N/c1-10(7-8-12)9-11-5-3-2-4-6-11/h2-6,9H,7-8,12H2,1H3. The monoisotopic (exact) mass is 161 g/mol. The summed E-state index contributed by atoms with van der Waals surface area (Å²) in [5.41, 5.74) is 8.03. The Kier molecular flexibility index (Phi) is 3.55. The number of hydrogen-bond donors (Lipinski definition) is 1. The van der Waals surface area contributed by atoms with Gasteiger partial charge in [0.2, 0.25) is 0 Å². The van der Waals surface area contributed by atoms with Gasteiger partial charge >= 0.3 is 0 Å². The molecule has 0 aliphatic rings. The van der Waals surface area contributed by atoms with Crippen LogP contribution in [0.4, 0.5) is 0 Å². The van der Waals surface area contributed by atoms with Crippen LogP contribution in [-0.4, -0.2) is 6.54 Å². The van der Waals surface area contributed by atoms with Crippen molar-refractivity contribution in [2.75, 3.05) is 6.54 Å². The zero-order chi connectivity index (χ0) is 8.81. The van der Waals surface area contributed by atoms with Crippen LogP contribution in [0.2, 0.25) is 0 Å². The molecule has 0 bridgehead atoms. The number of rotatable bonds is 3. The molecule has 2 N–H and O–H groups in total. The van der Waals surface area contributed by atoms with Crippen molar-refractivity contribution in [2.24, 2.45) is 5.73 Å². The maximum Gasteiger partial charge on any atom is -0.00399 e. The molecule has 0 atom stereocenters. The third-order valence-corrected chi connectivity index (χ3v) is 1.75. The Morgan fingerprint density at radius 1 is 1.33 bits per heavy atom. The van der Waals surface area contributed by atoms with E-state index in [1.165, 1.54) is 11.1 Å². The average molecular weight is 161 g/mol. The molecule has 1 nitrogen and oxygen atoms in total. The van der Waals surface area contributed by atoms with Crippen molar-refractivity contribution in [1.82, 2.24) is 0 Å². The van der Waals surface area contributed by atoms with E-state index in [-0.39, 0.29) is 0 Å². The molecule has 0 heterocycles. The van der Waals surface area contributed by atoms with Gasteiger partial charge in [-0.2, -0.15) is 0 Å². The summed E-state index contributed by atoms with van der Waals surface area (Å²) in [7, 11) is 0. The summed E-state index contributed by atoms with van der Waals surface area (Å²) in [6.07, 6.45) is 3.15. The predicted molar refractivity (Wildman–Crippen MR) is 53.8 cm³/mol. The van der Waals surface area contributed by atoms with E-state index in [9.17, 15) is 0 Å². The van der Waals surface area contributed by atoms with Gasteiger partial charge in [0.1, 0.15) is 0 Å². The van der Waals surface area contributed by atoms with E-state index in [2.05, 4.69) is 25.1 Å². The van der Waals surface area contributed by atoms with E-state index >= 15 is 0 Å². The van der Waals surface area contributed by atoms with Crippen LogP contribution in [0.15, 0.2) is 35.9 Å². The molecule has 0 aliphatic heterocycles. The lowest BCUT2D eigenvalue weighted by molar-refractivity contribution is 0.957. The van der Waals surface area contributed by atoms with E-state index in [1.807, 2.05) is 18.2 Å². The quantitative estimate of drug-likeness (QED) is 0.724. The molecule has 1 heteroatoms. The molecule has 0 fully saturated rings. The van der Waals surface area contributed by atoms with E-state index in [1.54, 1.807) is 0 Å². The van der Waals surface area contributed by atoms with Crippen LogP contribution in [0, 0.1) is 0 Å². The van der Waals surface area contributed by atoms with Crippen molar-refractivity contribution in [3.8, 4) is 0 Å². The first-order valence-corrected chi connectivity index (χ1v) is 4.25. The first-order chi connectivity index (χ1) is 5.83. The first kappa shape index (κ1) is 9.01. The Morgan fingerprint density at radius 3 is 2.58 bits per heavy atom. The van der Waals surface area contributed by atoms with E-state index in [0.29, 0.717) is 0 Å². The fourth-order valence-electron chi connectivity index (χ4n) is 1.13. The Hall–Kier alpha value is -1.08. The first-order valence-electron chi connectivity index (χ1n) is 4.25. The Bertz CT molecular complexity index is 249. The second kappa shape index (κ2) is 4.73. The summed E-state index contributed by atoms with van der Waals surface area (Å²) in [6.45, 7) is 2.84. The van der Waals surface area contributed by atoms with Crippen LogP contribution < -0.4 is 5.73 Å². The van der Waals surface area contributed by atoms with Gasteiger partial charge in [-0.1, -0.05) is 42.0 Å². The zero-order valence-electron chi connectivity index (χ0n) is 7.46. The van der Waals surface area contributed by atoms with Gasteiger partial charge in [0.05, 0.1) is 0 Å². The number of benzene rings is 1. The van der Waals surface area contributed by atoms with Gasteiger partial charge in [0, 0.05) is 0 Å². The molecule has 0 aromatic heterocycles. The Morgan fingerprint density at radius 2 is 2.00 bits per heavy atom. The molecule has 0 amide bonds. The summed E-state index contributed by atoms with van der Waals surface area (Å²) in [5.74, 6) is 0. The van der Waals surface area contributed by atoms with Gasteiger partial charge in [-0.05, 0) is 25.5 Å². The second-order valence-electron chi connectivity index (χ2n) is 2.94. The Labute approximate surface area is 73.9 Å². The maximum absolute atomic E-state index is 5.44. The van der Waals surface area contributed by atoms with Gasteiger partial charge in [-0.3, -0.25) is 0 Å². The van der Waals surface area contributed by atoms with Crippen LogP contribution in [0.5, 0.6) is 0 Å². The van der Waals surface area contributed by atoms with Crippen LogP contribution in [0.1, 0.15) is 18.9 Å². The van der Waals surface area contributed by atoms with E-state index < -0.39 is 0 Å². The summed E-state index contributed by atoms with van der Waals surface area (Å²) in [5, 5.41) is 0. The predicted octanol–water partition coefficient (Wildman–Crippen LogP) is 2.44. The van der Waals surface area contributed by atoms with Crippen LogP contribution >= 0.6 is 0 Å². The van der Waals surface area contributed by atoms with Crippen molar-refractivity contribution in [3.63, 3.8) is 0 Å². The molecule has 0 aliphatic carbocycles. The fraction of sp³-hybridized carbons (Fsp3) is 0.273. The van der Waals surface area contributed by atoms with Gasteiger partial charge < -0.3 is 5.73 Å². The third kappa shape index (κ3) is 2.89. The van der Waals surface area contributed by atoms with Gasteiger partial charge in [0.25, 0.3) is 0 Å². The molecular formula is C11H15N. The van der Waals surface area contributed by atoms with Gasteiger partial charge in [0.15, 0.2) is 0 Å². The van der Waals surface area contributed by atoms with Crippen molar-refractivity contribution >= 4 is 6.08 Å². The van der Waals surface area contributed by atoms with Gasteiger partial charge in [-0.15, -0.1) is 0 Å². The summed E-state index contributed by atoms with van der Waals surface area (Å²) < 4.78 is 0. The minimum absolute atomic E-state index is 0.731. The zero-order valence-corrected chi connectivity index (χ0v) is 7.46. The summed E-state index contributed by atoms with van der Waals surface area (Å²) in [4.78, 5) is 0. The lowest BCUT2D eigenvalue weighted by Crippen LogP contribution is -1.98. The highest BCUT2D eigenvalue weighted by molar-refractivity contribution is 5.51. The molecule has 0 saturated heterocycles. The SMILES string of the molecule is CC(=Cc1ccccc1)CCN. The molecule has 1 aromatic carbocycles. The topological polar surface area (TPSA) is 26.0 Å². The fourth-order valence-corrected chi connectivity index (χ4v) is 1.13. The van der Waals surface area contributed by atoms with Crippen molar-refractivity contribution in [2.45, 2.75) is 13.3 Å². The molecule has 0 radical (unpaired) electrons. The molecular weight excluding hydrogens is 146 g/mol. The van der Waals surface area contributed by atoms with Crippen molar-refractivity contribution < 1.29 is 0 Å². The lowest BCUT2D eigenvalue weighted by atomic mass is 10.1. The van der Waals surface area contributed by atoms with Crippen LogP contribution in [0.25, 0.3) is 6.08 Å². The largest absolute Gasteiger partial charge is 0.330 e. The minimum Gasteiger partial charge on any atom is -0.330 e. The van der Waals surface area contributed by atoms with Crippen molar-refractivity contribution in [3.05, 3.63) is 41.5 Å². The number of hydrogen-bond acceptors (Lipinski definition) is 1. The van der Waals surface area contributed by atoms with Crippen LogP contribution in [0.3, 0.4) is 0 Å². The molecule has 0 saturated carbocycles. The molecule has 64 valence electrons.